The van der Waals surface area contributed by atoms with E-state index >= 15 is 0 Å². The first-order chi connectivity index (χ1) is 17.6. The summed E-state index contributed by atoms with van der Waals surface area (Å²) < 4.78 is 22.8. The van der Waals surface area contributed by atoms with Crippen LogP contribution in [0.1, 0.15) is 19.4 Å². The normalized spacial score (nSPS) is 18.3. The van der Waals surface area contributed by atoms with Crippen molar-refractivity contribution >= 4 is 5.88 Å². The van der Waals surface area contributed by atoms with Crippen molar-refractivity contribution in [1.82, 2.24) is 15.0 Å². The van der Waals surface area contributed by atoms with E-state index in [0.29, 0.717) is 45.4 Å². The molecule has 200 valence electrons. The molecule has 1 atom stereocenters. The largest absolute Gasteiger partial charge is 0.389 e. The molecule has 2 saturated heterocycles. The molecule has 2 aliphatic heterocycles. The monoisotopic (exact) mass is 502 g/mol. The molecule has 0 spiro atoms. The van der Waals surface area contributed by atoms with Gasteiger partial charge in [-0.05, 0) is 5.92 Å². The first-order valence-corrected chi connectivity index (χ1v) is 13.2. The third-order valence-corrected chi connectivity index (χ3v) is 6.56. The highest BCUT2D eigenvalue weighted by Gasteiger charge is 2.27. The predicted molar refractivity (Wildman–Crippen MR) is 139 cm³/mol. The number of nitrogens with zero attached hydrogens (tertiary/aromatic N) is 4. The van der Waals surface area contributed by atoms with Gasteiger partial charge in [-0.1, -0.05) is 49.3 Å². The number of ether oxygens (including phenoxy) is 3. The Hall–Kier alpha value is -2.01. The van der Waals surface area contributed by atoms with Gasteiger partial charge in [0.15, 0.2) is 0 Å². The minimum atomic E-state index is -0.569. The third kappa shape index (κ3) is 7.99. The van der Waals surface area contributed by atoms with E-state index < -0.39 is 6.10 Å². The highest BCUT2D eigenvalue weighted by atomic mass is 16.5. The smallest absolute Gasteiger partial charge is 0.232 e. The van der Waals surface area contributed by atoms with Gasteiger partial charge in [0.05, 0.1) is 44.7 Å². The minimum Gasteiger partial charge on any atom is -0.389 e. The molecule has 0 unspecified atom stereocenters. The van der Waals surface area contributed by atoms with E-state index in [4.69, 9.17) is 18.7 Å². The average Bonchev–Trinajstić information content (AvgIpc) is 3.32. The van der Waals surface area contributed by atoms with E-state index in [-0.39, 0.29) is 0 Å². The van der Waals surface area contributed by atoms with Crippen LogP contribution in [0.25, 0.3) is 11.3 Å². The molecule has 2 fully saturated rings. The van der Waals surface area contributed by atoms with Gasteiger partial charge in [0.1, 0.15) is 5.69 Å². The second kappa shape index (κ2) is 14.1. The molecular formula is C27H42N4O5. The van der Waals surface area contributed by atoms with Crippen LogP contribution in [-0.2, 0) is 20.8 Å². The zero-order valence-electron chi connectivity index (χ0n) is 21.8. The molecule has 0 amide bonds. The van der Waals surface area contributed by atoms with E-state index in [1.165, 1.54) is 0 Å². The Balaban J connectivity index is 1.53. The molecule has 0 radical (unpaired) electrons. The van der Waals surface area contributed by atoms with Crippen LogP contribution >= 0.6 is 0 Å². The van der Waals surface area contributed by atoms with Crippen molar-refractivity contribution in [3.8, 4) is 11.3 Å². The second-order valence-electron chi connectivity index (χ2n) is 10.1. The number of morpholine rings is 2. The molecule has 1 aromatic heterocycles. The summed E-state index contributed by atoms with van der Waals surface area (Å²) in [4.78, 5) is 6.95. The summed E-state index contributed by atoms with van der Waals surface area (Å²) in [6, 6.07) is 10.2. The summed E-state index contributed by atoms with van der Waals surface area (Å²) in [6.45, 7) is 14.4. The number of aliphatic hydroxyl groups is 1. The maximum absolute atomic E-state index is 10.8. The molecule has 9 nitrogen and oxygen atoms in total. The van der Waals surface area contributed by atoms with Crippen LogP contribution in [0.2, 0.25) is 0 Å². The van der Waals surface area contributed by atoms with Crippen LogP contribution in [0.4, 0.5) is 5.88 Å². The van der Waals surface area contributed by atoms with Crippen molar-refractivity contribution in [3.05, 3.63) is 35.9 Å². The third-order valence-electron chi connectivity index (χ3n) is 6.56. The lowest BCUT2D eigenvalue weighted by atomic mass is 10.1. The molecule has 36 heavy (non-hydrogen) atoms. The molecule has 0 saturated carbocycles. The summed E-state index contributed by atoms with van der Waals surface area (Å²) >= 11 is 0. The van der Waals surface area contributed by atoms with Crippen molar-refractivity contribution in [2.45, 2.75) is 26.5 Å². The lowest BCUT2D eigenvalue weighted by Crippen LogP contribution is -2.43. The van der Waals surface area contributed by atoms with Crippen molar-refractivity contribution in [2.24, 2.45) is 5.92 Å². The molecule has 2 aliphatic rings. The number of rotatable bonds is 13. The summed E-state index contributed by atoms with van der Waals surface area (Å²) in [5.74, 6) is 1.25. The quantitative estimate of drug-likeness (QED) is 0.444. The standard InChI is InChI=1S/C27H42N4O5/c1-22(2)20-35-21-24(32)18-30(9-8-29-10-14-33-15-11-29)19-25-26(23-6-4-3-5-7-23)28-36-27(25)31-12-16-34-17-13-31/h3-7,22,24,32H,8-21H2,1-2H3/t24-/m0/s1. The first kappa shape index (κ1) is 27.0. The van der Waals surface area contributed by atoms with Crippen LogP contribution in [0.15, 0.2) is 34.9 Å². The molecule has 1 N–H and O–H groups in total. The fourth-order valence-electron chi connectivity index (χ4n) is 4.64. The zero-order chi connectivity index (χ0) is 25.2. The van der Waals surface area contributed by atoms with Gasteiger partial charge in [0.25, 0.3) is 0 Å². The van der Waals surface area contributed by atoms with Crippen molar-refractivity contribution in [1.29, 1.82) is 0 Å². The Bertz CT molecular complexity index is 882. The van der Waals surface area contributed by atoms with E-state index in [2.05, 4.69) is 45.8 Å². The van der Waals surface area contributed by atoms with Crippen molar-refractivity contribution < 1.29 is 23.8 Å². The maximum atomic E-state index is 10.8. The fourth-order valence-corrected chi connectivity index (χ4v) is 4.64. The molecule has 3 heterocycles. The molecule has 2 aromatic rings. The number of aromatic nitrogens is 1. The minimum absolute atomic E-state index is 0.331. The maximum Gasteiger partial charge on any atom is 0.232 e. The predicted octanol–water partition coefficient (Wildman–Crippen LogP) is 2.35. The molecule has 4 rings (SSSR count). The van der Waals surface area contributed by atoms with Crippen molar-refractivity contribution in [2.75, 3.05) is 90.4 Å². The van der Waals surface area contributed by atoms with Gasteiger partial charge in [-0.25, -0.2) is 0 Å². The van der Waals surface area contributed by atoms with Gasteiger partial charge in [-0.3, -0.25) is 9.80 Å². The Morgan fingerprint density at radius 2 is 1.69 bits per heavy atom. The van der Waals surface area contributed by atoms with Gasteiger partial charge in [0, 0.05) is 64.5 Å². The van der Waals surface area contributed by atoms with Crippen LogP contribution in [0.3, 0.4) is 0 Å². The SMILES string of the molecule is CC(C)COC[C@@H](O)CN(CCN1CCOCC1)Cc1c(-c2ccccc2)noc1N1CCOCC1. The van der Waals surface area contributed by atoms with Crippen molar-refractivity contribution in [3.63, 3.8) is 0 Å². The topological polar surface area (TPSA) is 83.7 Å². The number of anilines is 1. The van der Waals surface area contributed by atoms with Crippen LogP contribution in [0, 0.1) is 5.92 Å². The first-order valence-electron chi connectivity index (χ1n) is 13.2. The summed E-state index contributed by atoms with van der Waals surface area (Å²) in [5, 5.41) is 15.4. The van der Waals surface area contributed by atoms with Gasteiger partial charge in [-0.2, -0.15) is 0 Å². The number of hydrogen-bond acceptors (Lipinski definition) is 9. The van der Waals surface area contributed by atoms with Gasteiger partial charge >= 0.3 is 0 Å². The zero-order valence-corrected chi connectivity index (χ0v) is 21.8. The number of hydrogen-bond donors (Lipinski definition) is 1. The van der Waals surface area contributed by atoms with E-state index in [0.717, 1.165) is 75.2 Å². The van der Waals surface area contributed by atoms with E-state index in [1.54, 1.807) is 0 Å². The summed E-state index contributed by atoms with van der Waals surface area (Å²) in [7, 11) is 0. The molecular weight excluding hydrogens is 460 g/mol. The summed E-state index contributed by atoms with van der Waals surface area (Å²) in [5.41, 5.74) is 2.95. The molecule has 1 aromatic carbocycles. The van der Waals surface area contributed by atoms with E-state index in [1.807, 2.05) is 18.2 Å². The molecule has 9 heteroatoms. The highest BCUT2D eigenvalue weighted by Crippen LogP contribution is 2.33. The van der Waals surface area contributed by atoms with Gasteiger partial charge < -0.3 is 28.7 Å². The average molecular weight is 503 g/mol. The Morgan fingerprint density at radius 3 is 2.39 bits per heavy atom. The Morgan fingerprint density at radius 1 is 1.00 bits per heavy atom. The fraction of sp³-hybridized carbons (Fsp3) is 0.667. The highest BCUT2D eigenvalue weighted by molar-refractivity contribution is 5.68. The van der Waals surface area contributed by atoms with E-state index in [9.17, 15) is 5.11 Å². The van der Waals surface area contributed by atoms with Crippen LogP contribution in [-0.4, -0.2) is 112 Å². The lowest BCUT2D eigenvalue weighted by molar-refractivity contribution is 0.000966. The lowest BCUT2D eigenvalue weighted by Gasteiger charge is -2.32. The Labute approximate surface area is 214 Å². The summed E-state index contributed by atoms with van der Waals surface area (Å²) in [6.07, 6.45) is -0.569. The second-order valence-corrected chi connectivity index (χ2v) is 10.1. The Kier molecular flexibility index (Phi) is 10.6. The molecule has 0 aliphatic carbocycles. The van der Waals surface area contributed by atoms with Gasteiger partial charge in [-0.15, -0.1) is 0 Å². The van der Waals surface area contributed by atoms with Crippen LogP contribution in [0.5, 0.6) is 0 Å². The number of benzene rings is 1. The number of aliphatic hydroxyl groups excluding tert-OH is 1. The molecule has 0 bridgehead atoms. The van der Waals surface area contributed by atoms with Crippen LogP contribution < -0.4 is 4.90 Å². The van der Waals surface area contributed by atoms with Gasteiger partial charge in [0.2, 0.25) is 5.88 Å².